The molecule has 2 N–H and O–H groups in total. The van der Waals surface area contributed by atoms with Gasteiger partial charge in [0.2, 0.25) is 0 Å². The van der Waals surface area contributed by atoms with Gasteiger partial charge < -0.3 is 20.1 Å². The molecule has 0 aromatic heterocycles. The standard InChI is InChI=1S/C16H22F2N2O3/c1-10-3-6-12(7-14(10)23-9-15(17)18)19-16(22)20(2)8-13(21)11-4-5-11/h3,6-7,11,13,15,21H,4-5,8-9H2,1-2H3,(H,19,22). The van der Waals surface area contributed by atoms with Crippen molar-refractivity contribution in [2.75, 3.05) is 25.5 Å². The molecule has 7 heteroatoms. The molecule has 0 heterocycles. The lowest BCUT2D eigenvalue weighted by molar-refractivity contribution is 0.0816. The van der Waals surface area contributed by atoms with Gasteiger partial charge in [-0.25, -0.2) is 13.6 Å². The fourth-order valence-electron chi connectivity index (χ4n) is 2.20. The number of carbonyl (C=O) groups excluding carboxylic acids is 1. The number of amides is 2. The Morgan fingerprint density at radius 1 is 1.48 bits per heavy atom. The zero-order valence-electron chi connectivity index (χ0n) is 13.3. The quantitative estimate of drug-likeness (QED) is 0.809. The van der Waals surface area contributed by atoms with Crippen LogP contribution >= 0.6 is 0 Å². The molecule has 0 saturated heterocycles. The van der Waals surface area contributed by atoms with E-state index in [9.17, 15) is 18.7 Å². The molecule has 1 aromatic carbocycles. The Bertz CT molecular complexity index is 550. The third-order valence-electron chi connectivity index (χ3n) is 3.78. The average Bonchev–Trinajstić information content (AvgIpc) is 3.32. The number of anilines is 1. The van der Waals surface area contributed by atoms with Crippen LogP contribution in [0.2, 0.25) is 0 Å². The summed E-state index contributed by atoms with van der Waals surface area (Å²) in [6.07, 6.45) is -1.06. The highest BCUT2D eigenvalue weighted by Gasteiger charge is 2.31. The summed E-state index contributed by atoms with van der Waals surface area (Å²) in [5.74, 6) is 0.600. The molecule has 1 unspecified atom stereocenters. The minimum Gasteiger partial charge on any atom is -0.487 e. The van der Waals surface area contributed by atoms with Gasteiger partial charge in [-0.3, -0.25) is 0 Å². The summed E-state index contributed by atoms with van der Waals surface area (Å²) >= 11 is 0. The topological polar surface area (TPSA) is 61.8 Å². The summed E-state index contributed by atoms with van der Waals surface area (Å²) < 4.78 is 29.5. The van der Waals surface area contributed by atoms with Crippen LogP contribution in [0.15, 0.2) is 18.2 Å². The van der Waals surface area contributed by atoms with E-state index < -0.39 is 19.1 Å². The summed E-state index contributed by atoms with van der Waals surface area (Å²) in [4.78, 5) is 13.5. The molecule has 128 valence electrons. The number of likely N-dealkylation sites (N-methyl/N-ethyl adjacent to an activating group) is 1. The van der Waals surface area contributed by atoms with Crippen LogP contribution in [0.3, 0.4) is 0 Å². The zero-order valence-corrected chi connectivity index (χ0v) is 13.3. The van der Waals surface area contributed by atoms with Crippen LogP contribution in [0.25, 0.3) is 0 Å². The number of nitrogens with zero attached hydrogens (tertiary/aromatic N) is 1. The van der Waals surface area contributed by atoms with Crippen molar-refractivity contribution in [1.82, 2.24) is 4.90 Å². The third-order valence-corrected chi connectivity index (χ3v) is 3.78. The molecule has 5 nitrogen and oxygen atoms in total. The van der Waals surface area contributed by atoms with Crippen molar-refractivity contribution in [2.24, 2.45) is 5.92 Å². The average molecular weight is 328 g/mol. The van der Waals surface area contributed by atoms with Crippen molar-refractivity contribution in [3.05, 3.63) is 23.8 Å². The number of alkyl halides is 2. The predicted molar refractivity (Wildman–Crippen MR) is 83.1 cm³/mol. The molecular weight excluding hydrogens is 306 g/mol. The van der Waals surface area contributed by atoms with E-state index in [1.165, 1.54) is 11.0 Å². The number of hydrogen-bond acceptors (Lipinski definition) is 3. The summed E-state index contributed by atoms with van der Waals surface area (Å²) in [6.45, 7) is 1.31. The van der Waals surface area contributed by atoms with E-state index in [1.807, 2.05) is 0 Å². The van der Waals surface area contributed by atoms with E-state index in [0.29, 0.717) is 22.9 Å². The van der Waals surface area contributed by atoms with Gasteiger partial charge in [0, 0.05) is 25.3 Å². The molecule has 0 spiro atoms. The van der Waals surface area contributed by atoms with Gasteiger partial charge in [0.25, 0.3) is 6.43 Å². The highest BCUT2D eigenvalue weighted by atomic mass is 19.3. The second-order valence-electron chi connectivity index (χ2n) is 5.90. The summed E-state index contributed by atoms with van der Waals surface area (Å²) in [6, 6.07) is 4.51. The first kappa shape index (κ1) is 17.5. The SMILES string of the molecule is Cc1ccc(NC(=O)N(C)CC(O)C2CC2)cc1OCC(F)F. The van der Waals surface area contributed by atoms with Gasteiger partial charge in [-0.05, 0) is 37.3 Å². The number of benzene rings is 1. The first-order chi connectivity index (χ1) is 10.9. The molecule has 2 rings (SSSR count). The van der Waals surface area contributed by atoms with E-state index in [2.05, 4.69) is 5.32 Å². The number of carbonyl (C=O) groups is 1. The third kappa shape index (κ3) is 5.35. The van der Waals surface area contributed by atoms with E-state index >= 15 is 0 Å². The molecule has 0 bridgehead atoms. The highest BCUT2D eigenvalue weighted by molar-refractivity contribution is 5.89. The first-order valence-corrected chi connectivity index (χ1v) is 7.58. The Kier molecular flexibility index (Phi) is 5.76. The van der Waals surface area contributed by atoms with Crippen molar-refractivity contribution in [1.29, 1.82) is 0 Å². The van der Waals surface area contributed by atoms with Crippen molar-refractivity contribution < 1.29 is 23.4 Å². The van der Waals surface area contributed by atoms with Crippen molar-refractivity contribution in [2.45, 2.75) is 32.3 Å². The summed E-state index contributed by atoms with van der Waals surface area (Å²) in [7, 11) is 1.60. The normalized spacial score (nSPS) is 15.4. The van der Waals surface area contributed by atoms with E-state index in [1.54, 1.807) is 26.1 Å². The maximum atomic E-state index is 12.2. The van der Waals surface area contributed by atoms with Gasteiger partial charge in [0.15, 0.2) is 0 Å². The number of nitrogens with one attached hydrogen (secondary N) is 1. The minimum absolute atomic E-state index is 0.261. The lowest BCUT2D eigenvalue weighted by Crippen LogP contribution is -2.38. The highest BCUT2D eigenvalue weighted by Crippen LogP contribution is 2.32. The number of aliphatic hydroxyl groups excluding tert-OH is 1. The lowest BCUT2D eigenvalue weighted by Gasteiger charge is -2.21. The van der Waals surface area contributed by atoms with Crippen LogP contribution in [-0.4, -0.2) is 48.8 Å². The second-order valence-corrected chi connectivity index (χ2v) is 5.90. The van der Waals surface area contributed by atoms with Crippen LogP contribution < -0.4 is 10.1 Å². The van der Waals surface area contributed by atoms with Crippen LogP contribution in [0.5, 0.6) is 5.75 Å². The number of rotatable bonds is 7. The molecule has 23 heavy (non-hydrogen) atoms. The monoisotopic (exact) mass is 328 g/mol. The molecule has 1 aliphatic carbocycles. The van der Waals surface area contributed by atoms with Crippen LogP contribution in [0.4, 0.5) is 19.3 Å². The maximum absolute atomic E-state index is 12.2. The van der Waals surface area contributed by atoms with E-state index in [-0.39, 0.29) is 12.6 Å². The predicted octanol–water partition coefficient (Wildman–Crippen LogP) is 2.87. The Balaban J connectivity index is 1.92. The van der Waals surface area contributed by atoms with Gasteiger partial charge in [0.1, 0.15) is 12.4 Å². The van der Waals surface area contributed by atoms with Gasteiger partial charge in [-0.15, -0.1) is 0 Å². The second kappa shape index (κ2) is 7.59. The fourth-order valence-corrected chi connectivity index (χ4v) is 2.20. The van der Waals surface area contributed by atoms with Crippen molar-refractivity contribution in [3.63, 3.8) is 0 Å². The molecule has 0 radical (unpaired) electrons. The molecular formula is C16H22F2N2O3. The summed E-state index contributed by atoms with van der Waals surface area (Å²) in [5, 5.41) is 12.5. The molecule has 1 atom stereocenters. The molecule has 1 fully saturated rings. The summed E-state index contributed by atoms with van der Waals surface area (Å²) in [5.41, 5.74) is 1.17. The number of aryl methyl sites for hydroxylation is 1. The molecule has 2 amide bonds. The molecule has 0 aliphatic heterocycles. The Morgan fingerprint density at radius 3 is 2.78 bits per heavy atom. The van der Waals surface area contributed by atoms with E-state index in [0.717, 1.165) is 12.8 Å². The molecule has 1 aromatic rings. The Morgan fingerprint density at radius 2 is 2.17 bits per heavy atom. The van der Waals surface area contributed by atoms with Gasteiger partial charge in [0.05, 0.1) is 6.10 Å². The number of hydrogen-bond donors (Lipinski definition) is 2. The van der Waals surface area contributed by atoms with E-state index in [4.69, 9.17) is 4.74 Å². The largest absolute Gasteiger partial charge is 0.487 e. The smallest absolute Gasteiger partial charge is 0.321 e. The van der Waals surface area contributed by atoms with Crippen LogP contribution in [-0.2, 0) is 0 Å². The number of urea groups is 1. The number of ether oxygens (including phenoxy) is 1. The number of halogens is 2. The lowest BCUT2D eigenvalue weighted by atomic mass is 10.2. The Hall–Kier alpha value is -1.89. The Labute approximate surface area is 134 Å². The van der Waals surface area contributed by atoms with Crippen LogP contribution in [0, 0.1) is 12.8 Å². The van der Waals surface area contributed by atoms with Gasteiger partial charge >= 0.3 is 6.03 Å². The zero-order chi connectivity index (χ0) is 17.0. The molecule has 1 aliphatic rings. The van der Waals surface area contributed by atoms with Gasteiger partial charge in [-0.2, -0.15) is 0 Å². The van der Waals surface area contributed by atoms with Crippen molar-refractivity contribution >= 4 is 11.7 Å². The number of aliphatic hydroxyl groups is 1. The minimum atomic E-state index is -2.55. The molecule has 1 saturated carbocycles. The maximum Gasteiger partial charge on any atom is 0.321 e. The van der Waals surface area contributed by atoms with Crippen molar-refractivity contribution in [3.8, 4) is 5.75 Å². The van der Waals surface area contributed by atoms with Gasteiger partial charge in [-0.1, -0.05) is 6.07 Å². The van der Waals surface area contributed by atoms with Crippen LogP contribution in [0.1, 0.15) is 18.4 Å². The first-order valence-electron chi connectivity index (χ1n) is 7.58. The fraction of sp³-hybridized carbons (Fsp3) is 0.562.